The Balaban J connectivity index is 2.01. The minimum atomic E-state index is -1.23. The Morgan fingerprint density at radius 1 is 1.14 bits per heavy atom. The SMILES string of the molecule is CC(C)(C(=O)N[C@H](CCOCc1ccccc1)C(N)=O)c1ccccc1[N+](=O)[O-]. The van der Waals surface area contributed by atoms with Gasteiger partial charge in [0.1, 0.15) is 6.04 Å². The van der Waals surface area contributed by atoms with Crippen molar-refractivity contribution in [3.63, 3.8) is 0 Å². The summed E-state index contributed by atoms with van der Waals surface area (Å²) in [5, 5.41) is 13.9. The number of carbonyl (C=O) groups is 2. The van der Waals surface area contributed by atoms with Crippen molar-refractivity contribution >= 4 is 17.5 Å². The molecule has 0 fully saturated rings. The van der Waals surface area contributed by atoms with Crippen LogP contribution in [0.4, 0.5) is 5.69 Å². The third-order valence-electron chi connectivity index (χ3n) is 4.65. The van der Waals surface area contributed by atoms with Crippen LogP contribution in [-0.4, -0.2) is 29.4 Å². The molecule has 2 rings (SSSR count). The summed E-state index contributed by atoms with van der Waals surface area (Å²) in [5.41, 5.74) is 5.28. The van der Waals surface area contributed by atoms with Gasteiger partial charge in [-0.25, -0.2) is 0 Å². The highest BCUT2D eigenvalue weighted by Crippen LogP contribution is 2.31. The fourth-order valence-corrected chi connectivity index (χ4v) is 2.87. The number of carbonyl (C=O) groups excluding carboxylic acids is 2. The number of hydrogen-bond acceptors (Lipinski definition) is 5. The highest BCUT2D eigenvalue weighted by molar-refractivity contribution is 5.92. The van der Waals surface area contributed by atoms with E-state index in [-0.39, 0.29) is 24.3 Å². The van der Waals surface area contributed by atoms with E-state index in [1.54, 1.807) is 19.9 Å². The van der Waals surface area contributed by atoms with Crippen LogP contribution in [0.3, 0.4) is 0 Å². The van der Waals surface area contributed by atoms with Crippen molar-refractivity contribution in [3.05, 3.63) is 75.8 Å². The standard InChI is InChI=1S/C21H25N3O5/c1-21(2,16-10-6-7-11-18(16)24(27)28)20(26)23-17(19(22)25)12-13-29-14-15-8-4-3-5-9-15/h3-11,17H,12-14H2,1-2H3,(H2,22,25)(H,23,26)/t17-/m1/s1. The van der Waals surface area contributed by atoms with E-state index in [4.69, 9.17) is 10.5 Å². The van der Waals surface area contributed by atoms with E-state index < -0.39 is 28.2 Å². The van der Waals surface area contributed by atoms with Crippen LogP contribution in [0.25, 0.3) is 0 Å². The lowest BCUT2D eigenvalue weighted by molar-refractivity contribution is -0.385. The van der Waals surface area contributed by atoms with Gasteiger partial charge < -0.3 is 15.8 Å². The van der Waals surface area contributed by atoms with Gasteiger partial charge in [0, 0.05) is 18.2 Å². The first-order chi connectivity index (χ1) is 13.7. The number of ether oxygens (including phenoxy) is 1. The van der Waals surface area contributed by atoms with E-state index in [9.17, 15) is 19.7 Å². The number of amides is 2. The number of hydrogen-bond donors (Lipinski definition) is 2. The zero-order valence-corrected chi connectivity index (χ0v) is 16.5. The molecule has 0 bridgehead atoms. The Morgan fingerprint density at radius 2 is 1.76 bits per heavy atom. The van der Waals surface area contributed by atoms with Gasteiger partial charge in [-0.15, -0.1) is 0 Å². The van der Waals surface area contributed by atoms with E-state index in [1.807, 2.05) is 30.3 Å². The largest absolute Gasteiger partial charge is 0.377 e. The normalized spacial score (nSPS) is 12.2. The number of nitrogens with zero attached hydrogens (tertiary/aromatic N) is 1. The van der Waals surface area contributed by atoms with Gasteiger partial charge in [-0.1, -0.05) is 48.5 Å². The van der Waals surface area contributed by atoms with Crippen molar-refractivity contribution < 1.29 is 19.2 Å². The molecule has 2 amide bonds. The van der Waals surface area contributed by atoms with Gasteiger partial charge in [0.2, 0.25) is 11.8 Å². The molecule has 1 atom stereocenters. The molecule has 0 aliphatic rings. The minimum Gasteiger partial charge on any atom is -0.377 e. The average Bonchev–Trinajstić information content (AvgIpc) is 2.70. The lowest BCUT2D eigenvalue weighted by Crippen LogP contribution is -2.50. The summed E-state index contributed by atoms with van der Waals surface area (Å²) in [6.45, 7) is 3.72. The third kappa shape index (κ3) is 5.86. The van der Waals surface area contributed by atoms with Gasteiger partial charge in [-0.3, -0.25) is 19.7 Å². The van der Waals surface area contributed by atoms with Gasteiger partial charge in [-0.2, -0.15) is 0 Å². The first-order valence-electron chi connectivity index (χ1n) is 9.19. The van der Waals surface area contributed by atoms with Crippen molar-refractivity contribution in [3.8, 4) is 0 Å². The Morgan fingerprint density at radius 3 is 2.38 bits per heavy atom. The van der Waals surface area contributed by atoms with E-state index >= 15 is 0 Å². The number of rotatable bonds is 10. The maximum atomic E-state index is 12.8. The molecular formula is C21H25N3O5. The molecule has 0 aliphatic heterocycles. The molecule has 0 radical (unpaired) electrons. The zero-order valence-electron chi connectivity index (χ0n) is 16.5. The first kappa shape index (κ1) is 22.0. The fourth-order valence-electron chi connectivity index (χ4n) is 2.87. The van der Waals surface area contributed by atoms with Gasteiger partial charge in [0.25, 0.3) is 5.69 Å². The highest BCUT2D eigenvalue weighted by Gasteiger charge is 2.37. The number of nitrogens with one attached hydrogen (secondary N) is 1. The summed E-state index contributed by atoms with van der Waals surface area (Å²) in [4.78, 5) is 35.4. The Labute approximate surface area is 169 Å². The van der Waals surface area contributed by atoms with E-state index in [1.165, 1.54) is 18.2 Å². The maximum Gasteiger partial charge on any atom is 0.273 e. The summed E-state index contributed by atoms with van der Waals surface area (Å²) in [7, 11) is 0. The van der Waals surface area contributed by atoms with E-state index in [2.05, 4.69) is 5.32 Å². The number of benzene rings is 2. The second-order valence-electron chi connectivity index (χ2n) is 7.15. The minimum absolute atomic E-state index is 0.158. The van der Waals surface area contributed by atoms with Crippen LogP contribution in [0.2, 0.25) is 0 Å². The number of primary amides is 1. The topological polar surface area (TPSA) is 125 Å². The van der Waals surface area contributed by atoms with Crippen LogP contribution >= 0.6 is 0 Å². The van der Waals surface area contributed by atoms with Crippen molar-refractivity contribution in [1.82, 2.24) is 5.32 Å². The summed E-state index contributed by atoms with van der Waals surface area (Å²) in [6.07, 6.45) is 0.195. The molecule has 0 spiro atoms. The molecule has 8 nitrogen and oxygen atoms in total. The number of nitrogens with two attached hydrogens (primary N) is 1. The monoisotopic (exact) mass is 399 g/mol. The Bertz CT molecular complexity index is 868. The molecule has 3 N–H and O–H groups in total. The van der Waals surface area contributed by atoms with Crippen molar-refractivity contribution in [2.75, 3.05) is 6.61 Å². The molecule has 29 heavy (non-hydrogen) atoms. The van der Waals surface area contributed by atoms with Gasteiger partial charge >= 0.3 is 0 Å². The molecule has 8 heteroatoms. The van der Waals surface area contributed by atoms with Crippen LogP contribution in [0.1, 0.15) is 31.4 Å². The van der Waals surface area contributed by atoms with E-state index in [0.29, 0.717) is 6.61 Å². The van der Waals surface area contributed by atoms with Crippen LogP contribution in [-0.2, 0) is 26.3 Å². The second kappa shape index (κ2) is 9.79. The van der Waals surface area contributed by atoms with Crippen LogP contribution in [0.5, 0.6) is 0 Å². The van der Waals surface area contributed by atoms with Crippen molar-refractivity contribution in [1.29, 1.82) is 0 Å². The lowest BCUT2D eigenvalue weighted by Gasteiger charge is -2.26. The number of para-hydroxylation sites is 1. The molecule has 0 saturated heterocycles. The quantitative estimate of drug-likeness (QED) is 0.361. The summed E-state index contributed by atoms with van der Waals surface area (Å²) >= 11 is 0. The first-order valence-corrected chi connectivity index (χ1v) is 9.19. The van der Waals surface area contributed by atoms with Gasteiger partial charge in [0.05, 0.1) is 16.9 Å². The summed E-state index contributed by atoms with van der Waals surface area (Å²) < 4.78 is 5.55. The van der Waals surface area contributed by atoms with Gasteiger partial charge in [0.15, 0.2) is 0 Å². The summed E-state index contributed by atoms with van der Waals surface area (Å²) in [5.74, 6) is -1.22. The van der Waals surface area contributed by atoms with Crippen molar-refractivity contribution in [2.45, 2.75) is 38.3 Å². The third-order valence-corrected chi connectivity index (χ3v) is 4.65. The fraction of sp³-hybridized carbons (Fsp3) is 0.333. The predicted molar refractivity (Wildman–Crippen MR) is 108 cm³/mol. The highest BCUT2D eigenvalue weighted by atomic mass is 16.6. The molecule has 0 unspecified atom stereocenters. The molecule has 0 heterocycles. The zero-order chi connectivity index (χ0) is 21.4. The Kier molecular flexibility index (Phi) is 7.44. The molecule has 2 aromatic rings. The molecule has 0 aromatic heterocycles. The lowest BCUT2D eigenvalue weighted by atomic mass is 9.82. The average molecular weight is 399 g/mol. The Hall–Kier alpha value is -3.26. The van der Waals surface area contributed by atoms with Crippen LogP contribution in [0, 0.1) is 10.1 Å². The molecular weight excluding hydrogens is 374 g/mol. The number of nitro benzene ring substituents is 1. The molecule has 2 aromatic carbocycles. The van der Waals surface area contributed by atoms with Crippen molar-refractivity contribution in [2.24, 2.45) is 5.73 Å². The molecule has 154 valence electrons. The summed E-state index contributed by atoms with van der Waals surface area (Å²) in [6, 6.07) is 14.6. The number of nitro groups is 1. The van der Waals surface area contributed by atoms with Gasteiger partial charge in [-0.05, 0) is 25.8 Å². The molecule has 0 aliphatic carbocycles. The second-order valence-corrected chi connectivity index (χ2v) is 7.15. The van der Waals surface area contributed by atoms with Crippen LogP contribution < -0.4 is 11.1 Å². The maximum absolute atomic E-state index is 12.8. The smallest absolute Gasteiger partial charge is 0.273 e. The molecule has 0 saturated carbocycles. The predicted octanol–water partition coefficient (Wildman–Crippen LogP) is 2.45. The van der Waals surface area contributed by atoms with Crippen LogP contribution in [0.15, 0.2) is 54.6 Å². The van der Waals surface area contributed by atoms with E-state index in [0.717, 1.165) is 5.56 Å².